The maximum atomic E-state index is 10.6. The van der Waals surface area contributed by atoms with Crippen LogP contribution in [0, 0.1) is 0 Å². The zero-order valence-electron chi connectivity index (χ0n) is 14.3. The Kier molecular flexibility index (Phi) is 5.16. The molecule has 124 valence electrons. The number of hydrogen-bond donors (Lipinski definition) is 1. The van der Waals surface area contributed by atoms with Crippen LogP contribution in [0.25, 0.3) is 0 Å². The minimum atomic E-state index is -2.14. The monoisotopic (exact) mass is 345 g/mol. The van der Waals surface area contributed by atoms with E-state index in [9.17, 15) is 5.11 Å². The second-order valence-electron chi connectivity index (χ2n) is 6.02. The molecule has 0 spiro atoms. The van der Waals surface area contributed by atoms with Gasteiger partial charge in [0.2, 0.25) is 0 Å². The van der Waals surface area contributed by atoms with Crippen LogP contribution in [0.15, 0.2) is 115 Å². The summed E-state index contributed by atoms with van der Waals surface area (Å²) in [5.74, 6) is 2.28. The van der Waals surface area contributed by atoms with Gasteiger partial charge in [0.1, 0.15) is 29.0 Å². The Morgan fingerprint density at radius 1 is 0.720 bits per heavy atom. The summed E-state index contributed by atoms with van der Waals surface area (Å²) in [7, 11) is -2.14. The van der Waals surface area contributed by atoms with E-state index in [0.717, 1.165) is 0 Å². The molecular formula is C23H22OP+. The van der Waals surface area contributed by atoms with Gasteiger partial charge >= 0.3 is 0 Å². The van der Waals surface area contributed by atoms with Gasteiger partial charge in [0.05, 0.1) is 0 Å². The fourth-order valence-corrected chi connectivity index (χ4v) is 6.81. The van der Waals surface area contributed by atoms with Crippen molar-refractivity contribution < 1.29 is 5.11 Å². The summed E-state index contributed by atoms with van der Waals surface area (Å²) < 4.78 is 0. The first-order valence-electron chi connectivity index (χ1n) is 8.28. The average molecular weight is 345 g/mol. The lowest BCUT2D eigenvalue weighted by molar-refractivity contribution is 0.425. The van der Waals surface area contributed by atoms with Gasteiger partial charge < -0.3 is 5.11 Å². The van der Waals surface area contributed by atoms with Crippen LogP contribution in [0.4, 0.5) is 0 Å². The average Bonchev–Trinajstić information content (AvgIpc) is 2.68. The van der Waals surface area contributed by atoms with E-state index in [2.05, 4.69) is 79.4 Å². The minimum Gasteiger partial charge on any atom is -0.504 e. The Morgan fingerprint density at radius 2 is 1.04 bits per heavy atom. The molecule has 0 aliphatic carbocycles. The van der Waals surface area contributed by atoms with Gasteiger partial charge in [0.15, 0.2) is 5.76 Å². The van der Waals surface area contributed by atoms with Crippen molar-refractivity contribution in [1.29, 1.82) is 0 Å². The van der Waals surface area contributed by atoms with Gasteiger partial charge in [-0.15, -0.1) is 0 Å². The third kappa shape index (κ3) is 3.43. The number of hydrogen-bond acceptors (Lipinski definition) is 1. The summed E-state index contributed by atoms with van der Waals surface area (Å²) in [5, 5.41) is 14.3. The molecule has 3 rings (SSSR count). The number of aliphatic hydroxyl groups is 1. The van der Waals surface area contributed by atoms with Crippen molar-refractivity contribution in [2.24, 2.45) is 0 Å². The van der Waals surface area contributed by atoms with Gasteiger partial charge in [-0.05, 0) is 48.9 Å². The molecule has 0 heterocycles. The smallest absolute Gasteiger partial charge is 0.153 e. The Labute approximate surface area is 150 Å². The molecule has 0 fully saturated rings. The lowest BCUT2D eigenvalue weighted by Gasteiger charge is -2.24. The van der Waals surface area contributed by atoms with Gasteiger partial charge in [-0.3, -0.25) is 0 Å². The molecule has 0 radical (unpaired) electrons. The summed E-state index contributed by atoms with van der Waals surface area (Å²) in [4.78, 5) is 0. The molecule has 0 bridgehead atoms. The van der Waals surface area contributed by atoms with Crippen molar-refractivity contribution in [2.45, 2.75) is 6.92 Å². The molecule has 0 saturated carbocycles. The van der Waals surface area contributed by atoms with Crippen molar-refractivity contribution in [2.75, 3.05) is 0 Å². The molecule has 0 aromatic heterocycles. The molecule has 1 nitrogen and oxygen atoms in total. The highest BCUT2D eigenvalue weighted by Crippen LogP contribution is 2.57. The van der Waals surface area contributed by atoms with Crippen LogP contribution < -0.4 is 15.9 Å². The quantitative estimate of drug-likeness (QED) is 0.394. The molecule has 0 aliphatic heterocycles. The van der Waals surface area contributed by atoms with Gasteiger partial charge in [0.25, 0.3) is 0 Å². The first-order valence-corrected chi connectivity index (χ1v) is 10.1. The number of rotatable bonds is 5. The highest BCUT2D eigenvalue weighted by atomic mass is 31.2. The van der Waals surface area contributed by atoms with Gasteiger partial charge in [-0.1, -0.05) is 61.2 Å². The fraction of sp³-hybridized carbons (Fsp3) is 0.0435. The molecule has 0 saturated heterocycles. The molecule has 3 aromatic rings. The van der Waals surface area contributed by atoms with Crippen LogP contribution in [0.3, 0.4) is 0 Å². The van der Waals surface area contributed by atoms with Crippen molar-refractivity contribution >= 4 is 23.2 Å². The standard InChI is InChI=1S/C23H21OP/c1-19(2)23(24)18-25(20-12-6-3-7-13-20,21-14-8-4-9-15-21)22-16-10-5-11-17-22/h3-18H,1H2,2H3/p+1/b23-18-. The highest BCUT2D eigenvalue weighted by Gasteiger charge is 2.44. The van der Waals surface area contributed by atoms with E-state index in [0.29, 0.717) is 5.57 Å². The maximum Gasteiger partial charge on any atom is 0.153 e. The van der Waals surface area contributed by atoms with Crippen LogP contribution in [0.1, 0.15) is 6.92 Å². The first kappa shape index (κ1) is 17.2. The van der Waals surface area contributed by atoms with Crippen LogP contribution in [0.2, 0.25) is 0 Å². The van der Waals surface area contributed by atoms with E-state index in [1.165, 1.54) is 15.9 Å². The zero-order chi connectivity index (χ0) is 17.7. The summed E-state index contributed by atoms with van der Waals surface area (Å²) in [5.41, 5.74) is 0.673. The SMILES string of the molecule is C=C(C)/C(O)=C/[P+](c1ccccc1)(c1ccccc1)c1ccccc1. The van der Waals surface area contributed by atoms with Gasteiger partial charge in [-0.25, -0.2) is 0 Å². The number of aliphatic hydroxyl groups excluding tert-OH is 1. The van der Waals surface area contributed by atoms with Crippen LogP contribution in [-0.4, -0.2) is 5.11 Å². The molecule has 2 heteroatoms. The van der Waals surface area contributed by atoms with E-state index in [-0.39, 0.29) is 5.76 Å². The molecular weight excluding hydrogens is 323 g/mol. The normalized spacial score (nSPS) is 12.0. The number of benzene rings is 3. The van der Waals surface area contributed by atoms with Crippen LogP contribution in [-0.2, 0) is 0 Å². The lowest BCUT2D eigenvalue weighted by Crippen LogP contribution is -2.30. The van der Waals surface area contributed by atoms with Gasteiger partial charge in [-0.2, -0.15) is 0 Å². The largest absolute Gasteiger partial charge is 0.504 e. The summed E-state index contributed by atoms with van der Waals surface area (Å²) in [6, 6.07) is 31.3. The molecule has 0 amide bonds. The van der Waals surface area contributed by atoms with Crippen molar-refractivity contribution in [3.05, 3.63) is 115 Å². The second kappa shape index (κ2) is 7.51. The van der Waals surface area contributed by atoms with E-state index >= 15 is 0 Å². The third-order valence-corrected chi connectivity index (χ3v) is 8.21. The Balaban J connectivity index is 2.40. The van der Waals surface area contributed by atoms with E-state index in [1.54, 1.807) is 0 Å². The molecule has 3 aromatic carbocycles. The predicted molar refractivity (Wildman–Crippen MR) is 111 cm³/mol. The van der Waals surface area contributed by atoms with Crippen molar-refractivity contribution in [1.82, 2.24) is 0 Å². The van der Waals surface area contributed by atoms with Crippen molar-refractivity contribution in [3.63, 3.8) is 0 Å². The fourth-order valence-electron chi connectivity index (χ4n) is 2.95. The summed E-state index contributed by atoms with van der Waals surface area (Å²) in [6.45, 7) is 5.75. The topological polar surface area (TPSA) is 20.2 Å². The highest BCUT2D eigenvalue weighted by molar-refractivity contribution is 7.98. The number of allylic oxidation sites excluding steroid dienone is 1. The van der Waals surface area contributed by atoms with Gasteiger partial charge in [0, 0.05) is 0 Å². The zero-order valence-corrected chi connectivity index (χ0v) is 15.2. The van der Waals surface area contributed by atoms with Crippen LogP contribution in [0.5, 0.6) is 0 Å². The molecule has 0 atom stereocenters. The molecule has 25 heavy (non-hydrogen) atoms. The Morgan fingerprint density at radius 3 is 1.32 bits per heavy atom. The summed E-state index contributed by atoms with van der Waals surface area (Å²) in [6.07, 6.45) is 0. The Hall–Kier alpha value is -2.63. The summed E-state index contributed by atoms with van der Waals surface area (Å²) >= 11 is 0. The third-order valence-electron chi connectivity index (χ3n) is 4.24. The lowest BCUT2D eigenvalue weighted by atomic mass is 10.3. The van der Waals surface area contributed by atoms with Crippen LogP contribution >= 0.6 is 7.26 Å². The maximum absolute atomic E-state index is 10.6. The molecule has 1 N–H and O–H groups in total. The minimum absolute atomic E-state index is 0.255. The predicted octanol–water partition coefficient (Wildman–Crippen LogP) is 4.96. The van der Waals surface area contributed by atoms with E-state index in [4.69, 9.17) is 0 Å². The second-order valence-corrected chi connectivity index (χ2v) is 9.28. The molecule has 0 unspecified atom stereocenters. The van der Waals surface area contributed by atoms with E-state index < -0.39 is 7.26 Å². The Bertz CT molecular complexity index is 771. The molecule has 0 aliphatic rings. The van der Waals surface area contributed by atoms with E-state index in [1.807, 2.05) is 30.9 Å². The van der Waals surface area contributed by atoms with Crippen molar-refractivity contribution in [3.8, 4) is 0 Å². The first-order chi connectivity index (χ1) is 12.1.